The number of carbonyl (C=O) groups is 2. The van der Waals surface area contributed by atoms with Gasteiger partial charge in [-0.1, -0.05) is 80.0 Å². The van der Waals surface area contributed by atoms with Crippen LogP contribution in [0, 0.1) is 12.3 Å². The summed E-state index contributed by atoms with van der Waals surface area (Å²) in [5, 5.41) is 6.51. The summed E-state index contributed by atoms with van der Waals surface area (Å²) in [6.45, 7) is 8.48. The number of rotatable bonds is 11. The van der Waals surface area contributed by atoms with Crippen molar-refractivity contribution in [1.29, 1.82) is 0 Å². The van der Waals surface area contributed by atoms with Crippen LogP contribution in [0.2, 0.25) is 5.02 Å². The van der Waals surface area contributed by atoms with Crippen molar-refractivity contribution in [3.63, 3.8) is 0 Å². The standard InChI is InChI=1S/C39H43ClN2O5S.Na.H/c1-26-24-33(40)14-17-35(26)28-10-15-34(16-11-28)42-37(44)39(4,31-12-8-29(9-13-31)36(43)41-22-23-47-48(45)46)32-7-5-6-30(25-32)27-18-20-38(2,3)21-19-27;;/h5-17,24-25,27H,18-23H2,1-4H3,(H,41,43)(H,42,44)(H,45,46);;/q;+1;-1/p-1. The smallest absolute Gasteiger partial charge is 1.00 e. The Labute approximate surface area is 320 Å². The first kappa shape index (κ1) is 39.0. The molecule has 0 radical (unpaired) electrons. The Morgan fingerprint density at radius 3 is 2.29 bits per heavy atom. The Kier molecular flexibility index (Phi) is 13.5. The summed E-state index contributed by atoms with van der Waals surface area (Å²) in [5.41, 5.74) is 6.32. The van der Waals surface area contributed by atoms with Crippen molar-refractivity contribution in [3.8, 4) is 11.1 Å². The van der Waals surface area contributed by atoms with Gasteiger partial charge in [0.2, 0.25) is 5.91 Å². The van der Waals surface area contributed by atoms with Crippen LogP contribution in [0.25, 0.3) is 11.1 Å². The molecular weight excluding hydrogens is 667 g/mol. The topological polar surface area (TPSA) is 108 Å². The minimum Gasteiger partial charge on any atom is -1.00 e. The van der Waals surface area contributed by atoms with Crippen LogP contribution < -0.4 is 40.2 Å². The Hall–Kier alpha value is -2.82. The van der Waals surface area contributed by atoms with Crippen molar-refractivity contribution in [2.24, 2.45) is 5.41 Å². The number of benzene rings is 4. The van der Waals surface area contributed by atoms with Crippen molar-refractivity contribution in [2.75, 3.05) is 18.5 Å². The van der Waals surface area contributed by atoms with E-state index in [1.54, 1.807) is 24.3 Å². The molecule has 1 fully saturated rings. The van der Waals surface area contributed by atoms with Gasteiger partial charge in [-0.15, -0.1) is 0 Å². The maximum atomic E-state index is 14.4. The van der Waals surface area contributed by atoms with Gasteiger partial charge in [0.05, 0.1) is 23.4 Å². The van der Waals surface area contributed by atoms with Crippen molar-refractivity contribution >= 4 is 40.5 Å². The normalized spacial score (nSPS) is 16.1. The third-order valence-corrected chi connectivity index (χ3v) is 10.3. The molecule has 0 bridgehead atoms. The number of carbonyl (C=O) groups excluding carboxylic acids is 2. The molecule has 5 rings (SSSR count). The summed E-state index contributed by atoms with van der Waals surface area (Å²) in [6.07, 6.45) is 4.54. The van der Waals surface area contributed by atoms with Gasteiger partial charge < -0.3 is 16.6 Å². The van der Waals surface area contributed by atoms with Gasteiger partial charge in [0.15, 0.2) is 0 Å². The van der Waals surface area contributed by atoms with Gasteiger partial charge in [-0.3, -0.25) is 13.8 Å². The molecule has 1 saturated carbocycles. The Morgan fingerprint density at radius 2 is 1.65 bits per heavy atom. The van der Waals surface area contributed by atoms with Crippen LogP contribution >= 0.6 is 11.6 Å². The van der Waals surface area contributed by atoms with Crippen molar-refractivity contribution in [3.05, 3.63) is 124 Å². The van der Waals surface area contributed by atoms with Crippen LogP contribution in [0.4, 0.5) is 5.69 Å². The maximum absolute atomic E-state index is 14.4. The van der Waals surface area contributed by atoms with Crippen LogP contribution in [-0.4, -0.2) is 33.7 Å². The van der Waals surface area contributed by atoms with Crippen LogP contribution in [0.3, 0.4) is 0 Å². The molecule has 2 N–H and O–H groups in total. The molecule has 0 aliphatic heterocycles. The van der Waals surface area contributed by atoms with E-state index in [0.717, 1.165) is 53.5 Å². The molecule has 49 heavy (non-hydrogen) atoms. The summed E-state index contributed by atoms with van der Waals surface area (Å²) in [5.74, 6) is -0.130. The molecule has 2 amide bonds. The summed E-state index contributed by atoms with van der Waals surface area (Å²) >= 11 is 3.53. The predicted octanol–water partition coefficient (Wildman–Crippen LogP) is 5.60. The van der Waals surface area contributed by atoms with Gasteiger partial charge in [0.25, 0.3) is 5.91 Å². The Bertz CT molecular complexity index is 1800. The van der Waals surface area contributed by atoms with Gasteiger partial charge in [0, 0.05) is 22.8 Å². The third kappa shape index (κ3) is 9.70. The average molecular weight is 710 g/mol. The number of anilines is 1. The number of hydrogen-bond acceptors (Lipinski definition) is 5. The van der Waals surface area contributed by atoms with Gasteiger partial charge in [-0.25, -0.2) is 4.21 Å². The molecule has 0 heterocycles. The minimum absolute atomic E-state index is 0. The molecule has 1 aliphatic carbocycles. The minimum atomic E-state index is -2.64. The van der Waals surface area contributed by atoms with Crippen LogP contribution in [0.5, 0.6) is 0 Å². The quantitative estimate of drug-likeness (QED) is 0.120. The summed E-state index contributed by atoms with van der Waals surface area (Å²) < 4.78 is 25.7. The number of amides is 2. The predicted molar refractivity (Wildman–Crippen MR) is 193 cm³/mol. The summed E-state index contributed by atoms with van der Waals surface area (Å²) in [4.78, 5) is 27.2. The van der Waals surface area contributed by atoms with E-state index in [1.165, 1.54) is 5.56 Å². The van der Waals surface area contributed by atoms with E-state index in [0.29, 0.717) is 27.6 Å². The van der Waals surface area contributed by atoms with E-state index in [1.807, 2.05) is 68.4 Å². The number of aryl methyl sites for hydroxylation is 1. The maximum Gasteiger partial charge on any atom is 1.00 e. The van der Waals surface area contributed by atoms with Crippen LogP contribution in [0.1, 0.15) is 86.4 Å². The Balaban J connectivity index is 0.00000338. The molecule has 254 valence electrons. The van der Waals surface area contributed by atoms with Crippen LogP contribution in [-0.2, 0) is 25.8 Å². The molecule has 10 heteroatoms. The van der Waals surface area contributed by atoms with Crippen molar-refractivity contribution in [2.45, 2.75) is 64.7 Å². The fourth-order valence-electron chi connectivity index (χ4n) is 6.54. The van der Waals surface area contributed by atoms with Gasteiger partial charge in [0.1, 0.15) is 0 Å². The largest absolute Gasteiger partial charge is 1.00 e. The number of hydrogen-bond donors (Lipinski definition) is 2. The van der Waals surface area contributed by atoms with Gasteiger partial charge in [-0.2, -0.15) is 0 Å². The van der Waals surface area contributed by atoms with E-state index < -0.39 is 16.8 Å². The number of halogens is 1. The van der Waals surface area contributed by atoms with E-state index in [2.05, 4.69) is 40.8 Å². The zero-order valence-corrected chi connectivity index (χ0v) is 32.4. The van der Waals surface area contributed by atoms with Crippen molar-refractivity contribution in [1.82, 2.24) is 5.32 Å². The van der Waals surface area contributed by atoms with E-state index in [4.69, 9.17) is 11.6 Å². The zero-order valence-electron chi connectivity index (χ0n) is 29.8. The molecule has 0 aromatic heterocycles. The molecule has 0 saturated heterocycles. The zero-order chi connectivity index (χ0) is 34.5. The number of nitrogens with one attached hydrogen (secondary N) is 2. The molecule has 4 aromatic rings. The molecule has 1 aliphatic rings. The fourth-order valence-corrected chi connectivity index (χ4v) is 6.98. The first-order valence-electron chi connectivity index (χ1n) is 16.3. The van der Waals surface area contributed by atoms with E-state index in [9.17, 15) is 18.4 Å². The molecular formula is C39H43ClN2NaO5S-. The second kappa shape index (κ2) is 16.9. The van der Waals surface area contributed by atoms with E-state index in [-0.39, 0.29) is 55.9 Å². The molecule has 2 unspecified atom stereocenters. The molecule has 0 spiro atoms. The monoisotopic (exact) mass is 709 g/mol. The molecule has 4 aromatic carbocycles. The van der Waals surface area contributed by atoms with Crippen LogP contribution in [0.15, 0.2) is 91.0 Å². The van der Waals surface area contributed by atoms with Gasteiger partial charge in [-0.05, 0) is 121 Å². The molecule has 7 nitrogen and oxygen atoms in total. The Morgan fingerprint density at radius 1 is 0.980 bits per heavy atom. The first-order valence-corrected chi connectivity index (χ1v) is 17.6. The average Bonchev–Trinajstić information content (AvgIpc) is 3.06. The fraction of sp³-hybridized carbons (Fsp3) is 0.333. The summed E-state index contributed by atoms with van der Waals surface area (Å²) in [6, 6.07) is 28.9. The molecule has 2 atom stereocenters. The van der Waals surface area contributed by atoms with Gasteiger partial charge >= 0.3 is 29.6 Å². The summed E-state index contributed by atoms with van der Waals surface area (Å²) in [7, 11) is 0. The van der Waals surface area contributed by atoms with E-state index >= 15 is 0 Å². The third-order valence-electron chi connectivity index (χ3n) is 9.66. The second-order valence-corrected chi connectivity index (χ2v) is 14.6. The van der Waals surface area contributed by atoms with Crippen molar-refractivity contribution < 1.29 is 53.5 Å². The second-order valence-electron chi connectivity index (χ2n) is 13.5. The SMILES string of the molecule is Cc1cc(Cl)ccc1-c1ccc(NC(=O)C(C)(c2ccc(C(=O)NCCOS(=O)[O-])cc2)c2cccc(C3CCC(C)(C)CC3)c2)cc1.[H-].[Na+]. The first-order chi connectivity index (χ1) is 22.9.